The van der Waals surface area contributed by atoms with Gasteiger partial charge in [0.05, 0.1) is 13.3 Å². The lowest BCUT2D eigenvalue weighted by atomic mass is 10.0. The van der Waals surface area contributed by atoms with Crippen molar-refractivity contribution in [3.8, 4) is 5.75 Å². The summed E-state index contributed by atoms with van der Waals surface area (Å²) >= 11 is 3.14. The molecule has 0 saturated carbocycles. The molecule has 1 fully saturated rings. The Labute approximate surface area is 188 Å². The van der Waals surface area contributed by atoms with Gasteiger partial charge in [0.15, 0.2) is 0 Å². The third kappa shape index (κ3) is 4.70. The number of ether oxygens (including phenoxy) is 2. The van der Waals surface area contributed by atoms with Crippen LogP contribution in [0.3, 0.4) is 0 Å². The molecule has 2 aliphatic heterocycles. The number of fused-ring (bicyclic) bond motifs is 1. The van der Waals surface area contributed by atoms with Gasteiger partial charge in [0.1, 0.15) is 34.5 Å². The van der Waals surface area contributed by atoms with Crippen molar-refractivity contribution in [3.05, 3.63) is 59.7 Å². The van der Waals surface area contributed by atoms with Gasteiger partial charge in [-0.15, -0.1) is 23.5 Å². The molecule has 0 spiro atoms. The Hall–Kier alpha value is -2.56. The first-order valence-corrected chi connectivity index (χ1v) is 11.7. The Morgan fingerprint density at radius 1 is 1.32 bits per heavy atom. The molecule has 8 nitrogen and oxygen atoms in total. The molecule has 0 radical (unpaired) electrons. The molecule has 10 heteroatoms. The highest BCUT2D eigenvalue weighted by molar-refractivity contribution is 8.00. The number of methoxy groups -OCH3 is 1. The molecule has 31 heavy (non-hydrogen) atoms. The molecule has 1 aromatic carbocycles. The van der Waals surface area contributed by atoms with Gasteiger partial charge in [0.25, 0.3) is 0 Å². The molecule has 2 N–H and O–H groups in total. The van der Waals surface area contributed by atoms with Crippen molar-refractivity contribution in [2.75, 3.05) is 18.6 Å². The van der Waals surface area contributed by atoms with E-state index in [4.69, 9.17) is 15.2 Å². The van der Waals surface area contributed by atoms with E-state index in [1.807, 2.05) is 24.3 Å². The lowest BCUT2D eigenvalue weighted by Crippen LogP contribution is -2.68. The zero-order valence-electron chi connectivity index (χ0n) is 16.9. The van der Waals surface area contributed by atoms with Crippen LogP contribution in [0.2, 0.25) is 0 Å². The zero-order chi connectivity index (χ0) is 21.8. The molecular formula is C21H22N4O4S2. The molecular weight excluding hydrogens is 436 g/mol. The van der Waals surface area contributed by atoms with Crippen molar-refractivity contribution < 1.29 is 19.1 Å². The lowest BCUT2D eigenvalue weighted by Gasteiger charge is -2.48. The van der Waals surface area contributed by atoms with Crippen LogP contribution in [0.4, 0.5) is 0 Å². The minimum atomic E-state index is -0.579. The first-order chi connectivity index (χ1) is 15.1. The van der Waals surface area contributed by atoms with Crippen LogP contribution in [0.15, 0.2) is 59.2 Å². The first kappa shape index (κ1) is 21.7. The van der Waals surface area contributed by atoms with Crippen LogP contribution in [0.5, 0.6) is 5.75 Å². The molecule has 1 saturated heterocycles. The van der Waals surface area contributed by atoms with Crippen LogP contribution in [0.25, 0.3) is 0 Å². The van der Waals surface area contributed by atoms with Gasteiger partial charge in [-0.25, -0.2) is 9.78 Å². The first-order valence-electron chi connectivity index (χ1n) is 9.69. The molecule has 162 valence electrons. The Morgan fingerprint density at radius 3 is 2.84 bits per heavy atom. The van der Waals surface area contributed by atoms with Crippen LogP contribution >= 0.6 is 23.5 Å². The van der Waals surface area contributed by atoms with Crippen LogP contribution in [-0.2, 0) is 20.9 Å². The number of esters is 1. The Balaban J connectivity index is 1.46. The van der Waals surface area contributed by atoms with Crippen molar-refractivity contribution in [1.82, 2.24) is 14.9 Å². The number of nitrogens with zero attached hydrogens (tertiary/aromatic N) is 3. The van der Waals surface area contributed by atoms with E-state index >= 15 is 0 Å². The summed E-state index contributed by atoms with van der Waals surface area (Å²) in [5.41, 5.74) is 7.99. The molecule has 1 aromatic heterocycles. The minimum Gasteiger partial charge on any atom is -0.497 e. The average molecular weight is 459 g/mol. The molecule has 4 rings (SSSR count). The Kier molecular flexibility index (Phi) is 6.79. The second-order valence-corrected chi connectivity index (χ2v) is 9.17. The number of hydrogen-bond donors (Lipinski definition) is 1. The third-order valence-electron chi connectivity index (χ3n) is 5.00. The highest BCUT2D eigenvalue weighted by Crippen LogP contribution is 2.41. The van der Waals surface area contributed by atoms with Crippen molar-refractivity contribution in [3.63, 3.8) is 0 Å². The summed E-state index contributed by atoms with van der Waals surface area (Å²) in [5, 5.41) is 0.600. The van der Waals surface area contributed by atoms with E-state index in [9.17, 15) is 9.59 Å². The van der Waals surface area contributed by atoms with Gasteiger partial charge < -0.3 is 15.2 Å². The number of carbonyl (C=O) groups is 2. The van der Waals surface area contributed by atoms with Crippen molar-refractivity contribution in [2.24, 2.45) is 5.73 Å². The second kappa shape index (κ2) is 9.71. The molecule has 1 amide bonds. The lowest BCUT2D eigenvalue weighted by molar-refractivity contribution is -0.151. The fraction of sp³-hybridized carbons (Fsp3) is 0.333. The van der Waals surface area contributed by atoms with Gasteiger partial charge in [-0.2, -0.15) is 0 Å². The average Bonchev–Trinajstić information content (AvgIpc) is 2.82. The zero-order valence-corrected chi connectivity index (χ0v) is 18.5. The largest absolute Gasteiger partial charge is 0.497 e. The van der Waals surface area contributed by atoms with Crippen molar-refractivity contribution in [2.45, 2.75) is 29.5 Å². The summed E-state index contributed by atoms with van der Waals surface area (Å²) < 4.78 is 10.7. The number of aromatic nitrogens is 2. The van der Waals surface area contributed by atoms with Crippen molar-refractivity contribution >= 4 is 35.4 Å². The van der Waals surface area contributed by atoms with E-state index in [1.54, 1.807) is 49.2 Å². The van der Waals surface area contributed by atoms with E-state index in [-0.39, 0.29) is 17.9 Å². The van der Waals surface area contributed by atoms with Gasteiger partial charge in [0, 0.05) is 23.9 Å². The summed E-state index contributed by atoms with van der Waals surface area (Å²) in [6, 6.07) is 6.71. The van der Waals surface area contributed by atoms with E-state index in [0.29, 0.717) is 23.6 Å². The van der Waals surface area contributed by atoms with E-state index in [0.717, 1.165) is 21.9 Å². The Bertz CT molecular complexity index is 985. The third-order valence-corrected chi connectivity index (χ3v) is 7.28. The Morgan fingerprint density at radius 2 is 2.13 bits per heavy atom. The molecule has 0 aliphatic carbocycles. The van der Waals surface area contributed by atoms with Crippen LogP contribution in [0.1, 0.15) is 12.0 Å². The monoisotopic (exact) mass is 458 g/mol. The van der Waals surface area contributed by atoms with Gasteiger partial charge in [-0.05, 0) is 29.7 Å². The summed E-state index contributed by atoms with van der Waals surface area (Å²) in [4.78, 5) is 35.2. The van der Waals surface area contributed by atoms with E-state index < -0.39 is 12.0 Å². The predicted molar refractivity (Wildman–Crippen MR) is 118 cm³/mol. The number of amides is 1. The maximum absolute atomic E-state index is 13.0. The number of nitrogens with two attached hydrogens (primary N) is 1. The highest BCUT2D eigenvalue weighted by Gasteiger charge is 2.51. The van der Waals surface area contributed by atoms with Crippen LogP contribution in [-0.4, -0.2) is 56.8 Å². The number of β-lactam (4-membered cyclic amide) rings is 1. The number of carbonyl (C=O) groups excluding carboxylic acids is 2. The van der Waals surface area contributed by atoms with Crippen LogP contribution < -0.4 is 10.5 Å². The molecule has 2 aliphatic rings. The smallest absolute Gasteiger partial charge is 0.355 e. The molecule has 3 heterocycles. The quantitative estimate of drug-likeness (QED) is 0.362. The second-order valence-electron chi connectivity index (χ2n) is 6.95. The maximum Gasteiger partial charge on any atom is 0.355 e. The summed E-state index contributed by atoms with van der Waals surface area (Å²) in [7, 11) is 1.60. The molecule has 2 atom stereocenters. The van der Waals surface area contributed by atoms with E-state index in [1.165, 1.54) is 4.90 Å². The summed E-state index contributed by atoms with van der Waals surface area (Å²) in [5.74, 6) is 1.33. The minimum absolute atomic E-state index is 0.111. The fourth-order valence-electron chi connectivity index (χ4n) is 3.34. The normalized spacial score (nSPS) is 20.2. The summed E-state index contributed by atoms with van der Waals surface area (Å²) in [6.45, 7) is 0.111. The van der Waals surface area contributed by atoms with Gasteiger partial charge in [-0.3, -0.25) is 14.7 Å². The number of rotatable bonds is 8. The van der Waals surface area contributed by atoms with E-state index in [2.05, 4.69) is 9.97 Å². The molecule has 2 aromatic rings. The number of benzene rings is 1. The highest BCUT2D eigenvalue weighted by atomic mass is 32.2. The van der Waals surface area contributed by atoms with Gasteiger partial charge >= 0.3 is 5.97 Å². The molecule has 0 bridgehead atoms. The van der Waals surface area contributed by atoms with Crippen molar-refractivity contribution in [1.29, 1.82) is 0 Å². The topological polar surface area (TPSA) is 108 Å². The summed E-state index contributed by atoms with van der Waals surface area (Å²) in [6.07, 6.45) is 5.60. The van der Waals surface area contributed by atoms with Gasteiger partial charge in [-0.1, -0.05) is 12.1 Å². The van der Waals surface area contributed by atoms with Gasteiger partial charge in [0.2, 0.25) is 5.91 Å². The number of thioether (sulfide) groups is 2. The maximum atomic E-state index is 13.0. The SMILES string of the molecule is COc1ccc(COC(=O)C2=C(CCSc3cnccn3)CS[C@@H]3[C@H](N)C(=O)N23)cc1. The molecule has 0 unspecified atom stereocenters. The van der Waals surface area contributed by atoms with Crippen LogP contribution in [0, 0.1) is 0 Å². The number of hydrogen-bond acceptors (Lipinski definition) is 9. The standard InChI is InChI=1S/C21H22N4O4S2/c1-28-15-4-2-13(3-5-15)11-29-21(27)18-14(6-9-30-16-10-23-7-8-24-16)12-31-20-17(22)19(26)25(18)20/h2-5,7-8,10,17,20H,6,9,11-12,22H2,1H3/t17-,20-/m1/s1. The predicted octanol–water partition coefficient (Wildman–Crippen LogP) is 2.21. The fourth-order valence-corrected chi connectivity index (χ4v) is 5.50.